The van der Waals surface area contributed by atoms with E-state index in [0.717, 1.165) is 10.5 Å². The lowest BCUT2D eigenvalue weighted by Gasteiger charge is -2.10. The first-order valence-electron chi connectivity index (χ1n) is 5.96. The average molecular weight is 308 g/mol. The summed E-state index contributed by atoms with van der Waals surface area (Å²) in [5.74, 6) is 0.178. The number of nitrogens with two attached hydrogens (primary N) is 1. The lowest BCUT2D eigenvalue weighted by molar-refractivity contribution is 0.0601. The Morgan fingerprint density at radius 3 is 2.70 bits per heavy atom. The quantitative estimate of drug-likeness (QED) is 0.527. The highest BCUT2D eigenvalue weighted by atomic mass is 35.5. The molecule has 0 bridgehead atoms. The van der Waals surface area contributed by atoms with Crippen LogP contribution in [-0.2, 0) is 10.5 Å². The van der Waals surface area contributed by atoms with E-state index in [1.165, 1.54) is 7.11 Å². The summed E-state index contributed by atoms with van der Waals surface area (Å²) in [6, 6.07) is 13.0. The van der Waals surface area contributed by atoms with Gasteiger partial charge in [0.15, 0.2) is 0 Å². The molecule has 0 unspecified atom stereocenters. The van der Waals surface area contributed by atoms with E-state index in [4.69, 9.17) is 22.1 Å². The normalized spacial score (nSPS) is 10.3. The van der Waals surface area contributed by atoms with Gasteiger partial charge in [-0.15, -0.1) is 11.8 Å². The van der Waals surface area contributed by atoms with E-state index in [0.29, 0.717) is 22.0 Å². The molecule has 104 valence electrons. The Kier molecular flexibility index (Phi) is 4.93. The van der Waals surface area contributed by atoms with Gasteiger partial charge in [-0.1, -0.05) is 35.9 Å². The number of anilines is 1. The Hall–Kier alpha value is -1.65. The fourth-order valence-electron chi connectivity index (χ4n) is 1.81. The third kappa shape index (κ3) is 3.26. The van der Waals surface area contributed by atoms with E-state index >= 15 is 0 Å². The van der Waals surface area contributed by atoms with Gasteiger partial charge in [0, 0.05) is 16.3 Å². The van der Waals surface area contributed by atoms with Crippen LogP contribution in [-0.4, -0.2) is 13.1 Å². The van der Waals surface area contributed by atoms with Crippen LogP contribution >= 0.6 is 23.4 Å². The maximum absolute atomic E-state index is 11.8. The predicted molar refractivity (Wildman–Crippen MR) is 83.2 cm³/mol. The number of nitrogen functional groups attached to an aromatic ring is 1. The molecular weight excluding hydrogens is 294 g/mol. The molecule has 2 N–H and O–H groups in total. The van der Waals surface area contributed by atoms with E-state index in [2.05, 4.69) is 0 Å². The molecule has 0 amide bonds. The lowest BCUT2D eigenvalue weighted by Crippen LogP contribution is -2.09. The highest BCUT2D eigenvalue weighted by molar-refractivity contribution is 7.98. The van der Waals surface area contributed by atoms with Gasteiger partial charge in [0.25, 0.3) is 0 Å². The van der Waals surface area contributed by atoms with Crippen LogP contribution in [0.15, 0.2) is 47.4 Å². The van der Waals surface area contributed by atoms with Crippen LogP contribution in [0.4, 0.5) is 5.69 Å². The molecule has 0 heterocycles. The molecule has 0 spiro atoms. The summed E-state index contributed by atoms with van der Waals surface area (Å²) in [4.78, 5) is 12.8. The van der Waals surface area contributed by atoms with Crippen molar-refractivity contribution in [1.29, 1.82) is 0 Å². The molecule has 0 radical (unpaired) electrons. The van der Waals surface area contributed by atoms with Crippen molar-refractivity contribution in [2.24, 2.45) is 0 Å². The summed E-state index contributed by atoms with van der Waals surface area (Å²) in [5, 5.41) is 0.695. The maximum atomic E-state index is 11.8. The minimum Gasteiger partial charge on any atom is -0.465 e. The van der Waals surface area contributed by atoms with Gasteiger partial charge in [0.1, 0.15) is 0 Å². The number of hydrogen-bond donors (Lipinski definition) is 1. The molecule has 0 saturated heterocycles. The van der Waals surface area contributed by atoms with Gasteiger partial charge in [-0.25, -0.2) is 4.79 Å². The zero-order valence-corrected chi connectivity index (χ0v) is 12.5. The van der Waals surface area contributed by atoms with Crippen LogP contribution in [0.2, 0.25) is 5.02 Å². The number of benzene rings is 2. The lowest BCUT2D eigenvalue weighted by atomic mass is 10.1. The monoisotopic (exact) mass is 307 g/mol. The molecule has 0 fully saturated rings. The molecule has 2 rings (SSSR count). The van der Waals surface area contributed by atoms with Gasteiger partial charge in [0.05, 0.1) is 17.7 Å². The van der Waals surface area contributed by atoms with E-state index < -0.39 is 5.97 Å². The van der Waals surface area contributed by atoms with E-state index in [9.17, 15) is 4.79 Å². The minimum atomic E-state index is -0.419. The number of esters is 1. The van der Waals surface area contributed by atoms with Crippen LogP contribution in [0.3, 0.4) is 0 Å². The van der Waals surface area contributed by atoms with Crippen LogP contribution in [0.1, 0.15) is 15.9 Å². The number of halogens is 1. The molecule has 2 aromatic rings. The summed E-state index contributed by atoms with van der Waals surface area (Å²) in [6.45, 7) is 0. The summed E-state index contributed by atoms with van der Waals surface area (Å²) < 4.78 is 4.78. The number of ether oxygens (including phenoxy) is 1. The summed E-state index contributed by atoms with van der Waals surface area (Å²) >= 11 is 7.67. The Labute approximate surface area is 127 Å². The van der Waals surface area contributed by atoms with Crippen LogP contribution in [0.5, 0.6) is 0 Å². The van der Waals surface area contributed by atoms with Crippen molar-refractivity contribution < 1.29 is 9.53 Å². The zero-order valence-electron chi connectivity index (χ0n) is 10.9. The molecule has 0 saturated carbocycles. The van der Waals surface area contributed by atoms with Gasteiger partial charge in [-0.3, -0.25) is 0 Å². The maximum Gasteiger partial charge on any atom is 0.340 e. The van der Waals surface area contributed by atoms with Crippen molar-refractivity contribution in [2.75, 3.05) is 12.8 Å². The molecule has 0 aliphatic carbocycles. The van der Waals surface area contributed by atoms with Crippen molar-refractivity contribution in [2.45, 2.75) is 10.6 Å². The van der Waals surface area contributed by atoms with Gasteiger partial charge in [0.2, 0.25) is 0 Å². The van der Waals surface area contributed by atoms with Gasteiger partial charge in [-0.2, -0.15) is 0 Å². The molecule has 2 aromatic carbocycles. The van der Waals surface area contributed by atoms with Gasteiger partial charge in [-0.05, 0) is 23.8 Å². The molecule has 20 heavy (non-hydrogen) atoms. The SMILES string of the molecule is COC(=O)c1c(N)cccc1CSc1ccccc1Cl. The zero-order chi connectivity index (χ0) is 14.5. The molecule has 0 atom stereocenters. The van der Waals surface area contributed by atoms with E-state index in [-0.39, 0.29) is 0 Å². The van der Waals surface area contributed by atoms with Crippen molar-refractivity contribution >= 4 is 35.0 Å². The number of carbonyl (C=O) groups excluding carboxylic acids is 1. The van der Waals surface area contributed by atoms with Crippen molar-refractivity contribution in [3.05, 3.63) is 58.6 Å². The first-order valence-corrected chi connectivity index (χ1v) is 7.33. The second-order valence-electron chi connectivity index (χ2n) is 4.09. The van der Waals surface area contributed by atoms with Crippen LogP contribution in [0, 0.1) is 0 Å². The minimum absolute atomic E-state index is 0.419. The summed E-state index contributed by atoms with van der Waals surface area (Å²) in [6.07, 6.45) is 0. The third-order valence-electron chi connectivity index (χ3n) is 2.79. The van der Waals surface area contributed by atoms with Crippen molar-refractivity contribution in [3.63, 3.8) is 0 Å². The molecular formula is C15H14ClNO2S. The fraction of sp³-hybridized carbons (Fsp3) is 0.133. The number of rotatable bonds is 4. The second kappa shape index (κ2) is 6.68. The van der Waals surface area contributed by atoms with Crippen LogP contribution in [0.25, 0.3) is 0 Å². The van der Waals surface area contributed by atoms with Crippen molar-refractivity contribution in [3.8, 4) is 0 Å². The Balaban J connectivity index is 2.24. The van der Waals surface area contributed by atoms with E-state index in [1.54, 1.807) is 17.8 Å². The molecule has 5 heteroatoms. The second-order valence-corrected chi connectivity index (χ2v) is 5.52. The largest absolute Gasteiger partial charge is 0.465 e. The number of hydrogen-bond acceptors (Lipinski definition) is 4. The first kappa shape index (κ1) is 14.8. The fourth-order valence-corrected chi connectivity index (χ4v) is 3.04. The first-order chi connectivity index (χ1) is 9.63. The molecule has 0 aliphatic rings. The Morgan fingerprint density at radius 1 is 1.25 bits per heavy atom. The predicted octanol–water partition coefficient (Wildman–Crippen LogP) is 4.00. The summed E-state index contributed by atoms with van der Waals surface area (Å²) in [5.41, 5.74) is 7.55. The Morgan fingerprint density at radius 2 is 2.00 bits per heavy atom. The van der Waals surface area contributed by atoms with Gasteiger partial charge >= 0.3 is 5.97 Å². The summed E-state index contributed by atoms with van der Waals surface area (Å²) in [7, 11) is 1.35. The molecule has 3 nitrogen and oxygen atoms in total. The molecule has 0 aromatic heterocycles. The average Bonchev–Trinajstić information content (AvgIpc) is 2.46. The highest BCUT2D eigenvalue weighted by Gasteiger charge is 2.15. The number of methoxy groups -OCH3 is 1. The third-order valence-corrected chi connectivity index (χ3v) is 4.36. The standard InChI is InChI=1S/C15H14ClNO2S/c1-19-15(18)14-10(5-4-7-12(14)17)9-20-13-8-3-2-6-11(13)16/h2-8H,9,17H2,1H3. The van der Waals surface area contributed by atoms with Gasteiger partial charge < -0.3 is 10.5 Å². The van der Waals surface area contributed by atoms with Crippen LogP contribution < -0.4 is 5.73 Å². The number of carbonyl (C=O) groups is 1. The topological polar surface area (TPSA) is 52.3 Å². The molecule has 0 aliphatic heterocycles. The van der Waals surface area contributed by atoms with Crippen molar-refractivity contribution in [1.82, 2.24) is 0 Å². The van der Waals surface area contributed by atoms with E-state index in [1.807, 2.05) is 36.4 Å². The smallest absolute Gasteiger partial charge is 0.340 e. The highest BCUT2D eigenvalue weighted by Crippen LogP contribution is 2.31. The number of thioether (sulfide) groups is 1. The Bertz CT molecular complexity index is 631.